The molecule has 0 spiro atoms. The van der Waals surface area contributed by atoms with E-state index in [0.29, 0.717) is 5.69 Å². The first-order valence-corrected chi connectivity index (χ1v) is 7.15. The Bertz CT molecular complexity index is 502. The SMILES string of the molecule is CC(C)(C)OC(=O)NN(NC(=O)COCCO)c1ccccc1. The average Bonchev–Trinajstić information content (AvgIpc) is 2.46. The standard InChI is InChI=1S/C15H23N3O5/c1-15(2,3)23-14(21)17-18(12-7-5-4-6-8-12)16-13(20)11-22-10-9-19/h4-8,19H,9-11H2,1-3H3,(H,16,20)(H,17,21). The second kappa shape index (κ2) is 8.96. The van der Waals surface area contributed by atoms with E-state index in [4.69, 9.17) is 14.6 Å². The monoisotopic (exact) mass is 325 g/mol. The van der Waals surface area contributed by atoms with E-state index in [9.17, 15) is 9.59 Å². The van der Waals surface area contributed by atoms with Gasteiger partial charge in [0.05, 0.1) is 18.9 Å². The van der Waals surface area contributed by atoms with Gasteiger partial charge in [0.15, 0.2) is 0 Å². The predicted octanol–water partition coefficient (Wildman–Crippen LogP) is 0.973. The van der Waals surface area contributed by atoms with E-state index in [0.717, 1.165) is 5.12 Å². The summed E-state index contributed by atoms with van der Waals surface area (Å²) in [6.45, 7) is 4.84. The van der Waals surface area contributed by atoms with E-state index in [1.165, 1.54) is 0 Å². The van der Waals surface area contributed by atoms with Gasteiger partial charge in [0.25, 0.3) is 5.91 Å². The number of ether oxygens (including phenoxy) is 2. The molecule has 0 atom stereocenters. The van der Waals surface area contributed by atoms with Gasteiger partial charge in [-0.1, -0.05) is 18.2 Å². The number of aliphatic hydroxyl groups excluding tert-OH is 1. The Kier molecular flexibility index (Phi) is 7.30. The van der Waals surface area contributed by atoms with Crippen molar-refractivity contribution in [1.29, 1.82) is 0 Å². The highest BCUT2D eigenvalue weighted by atomic mass is 16.6. The van der Waals surface area contributed by atoms with Crippen LogP contribution < -0.4 is 16.0 Å². The number of carbonyl (C=O) groups is 2. The van der Waals surface area contributed by atoms with Gasteiger partial charge < -0.3 is 14.6 Å². The van der Waals surface area contributed by atoms with Crippen LogP contribution in [0.15, 0.2) is 30.3 Å². The number of anilines is 1. The van der Waals surface area contributed by atoms with Crippen molar-refractivity contribution in [3.8, 4) is 0 Å². The van der Waals surface area contributed by atoms with E-state index in [1.807, 2.05) is 0 Å². The van der Waals surface area contributed by atoms with Gasteiger partial charge in [-0.2, -0.15) is 5.12 Å². The molecule has 8 heteroatoms. The maximum atomic E-state index is 11.9. The third-order valence-electron chi connectivity index (χ3n) is 2.32. The quantitative estimate of drug-likeness (QED) is 0.510. The maximum Gasteiger partial charge on any atom is 0.428 e. The zero-order valence-corrected chi connectivity index (χ0v) is 13.5. The number of rotatable bonds is 7. The molecule has 2 amide bonds. The minimum absolute atomic E-state index is 0.0538. The summed E-state index contributed by atoms with van der Waals surface area (Å²) in [5.41, 5.74) is 4.80. The highest BCUT2D eigenvalue weighted by molar-refractivity contribution is 5.80. The number of amides is 2. The Morgan fingerprint density at radius 2 is 1.83 bits per heavy atom. The Labute approximate surface area is 135 Å². The van der Waals surface area contributed by atoms with Crippen molar-refractivity contribution in [2.75, 3.05) is 24.9 Å². The molecule has 0 saturated heterocycles. The molecular formula is C15H23N3O5. The zero-order valence-electron chi connectivity index (χ0n) is 13.5. The summed E-state index contributed by atoms with van der Waals surface area (Å²) in [5, 5.41) is 9.78. The third kappa shape index (κ3) is 8.03. The van der Waals surface area contributed by atoms with Crippen molar-refractivity contribution >= 4 is 17.7 Å². The van der Waals surface area contributed by atoms with Crippen molar-refractivity contribution in [3.63, 3.8) is 0 Å². The first kappa shape index (κ1) is 18.7. The maximum absolute atomic E-state index is 11.9. The molecule has 0 aliphatic rings. The lowest BCUT2D eigenvalue weighted by Gasteiger charge is -2.27. The average molecular weight is 325 g/mol. The smallest absolute Gasteiger partial charge is 0.428 e. The topological polar surface area (TPSA) is 100 Å². The first-order chi connectivity index (χ1) is 10.8. The molecule has 0 radical (unpaired) electrons. The van der Waals surface area contributed by atoms with E-state index in [2.05, 4.69) is 10.9 Å². The van der Waals surface area contributed by atoms with Crippen molar-refractivity contribution in [2.24, 2.45) is 0 Å². The van der Waals surface area contributed by atoms with Crippen LogP contribution in [0.1, 0.15) is 20.8 Å². The van der Waals surface area contributed by atoms with Crippen molar-refractivity contribution in [1.82, 2.24) is 10.9 Å². The molecular weight excluding hydrogens is 302 g/mol. The molecule has 0 unspecified atom stereocenters. The second-order valence-electron chi connectivity index (χ2n) is 5.60. The minimum Gasteiger partial charge on any atom is -0.443 e. The molecule has 0 bridgehead atoms. The molecule has 0 aromatic heterocycles. The molecule has 23 heavy (non-hydrogen) atoms. The highest BCUT2D eigenvalue weighted by Gasteiger charge is 2.19. The van der Waals surface area contributed by atoms with Crippen LogP contribution in [-0.2, 0) is 14.3 Å². The number of hydrazine groups is 2. The number of carbonyl (C=O) groups excluding carboxylic acids is 2. The number of hydrogen-bond donors (Lipinski definition) is 3. The van der Waals surface area contributed by atoms with Crippen molar-refractivity contribution in [3.05, 3.63) is 30.3 Å². The fraction of sp³-hybridized carbons (Fsp3) is 0.467. The van der Waals surface area contributed by atoms with Gasteiger partial charge in [-0.3, -0.25) is 4.79 Å². The predicted molar refractivity (Wildman–Crippen MR) is 84.3 cm³/mol. The molecule has 0 aliphatic heterocycles. The Balaban J connectivity index is 2.70. The molecule has 3 N–H and O–H groups in total. The molecule has 128 valence electrons. The molecule has 1 aromatic rings. The van der Waals surface area contributed by atoms with Crippen LogP contribution in [0.2, 0.25) is 0 Å². The van der Waals surface area contributed by atoms with Crippen molar-refractivity contribution in [2.45, 2.75) is 26.4 Å². The molecule has 8 nitrogen and oxygen atoms in total. The summed E-state index contributed by atoms with van der Waals surface area (Å²) in [5.74, 6) is -0.488. The van der Waals surface area contributed by atoms with E-state index in [1.54, 1.807) is 51.1 Å². The summed E-state index contributed by atoms with van der Waals surface area (Å²) >= 11 is 0. The number of para-hydroxylation sites is 1. The van der Waals surface area contributed by atoms with Crippen LogP contribution in [0, 0.1) is 0 Å². The summed E-state index contributed by atoms with van der Waals surface area (Å²) in [6.07, 6.45) is -0.710. The second-order valence-corrected chi connectivity index (χ2v) is 5.60. The molecule has 0 heterocycles. The fourth-order valence-electron chi connectivity index (χ4n) is 1.51. The van der Waals surface area contributed by atoms with Gasteiger partial charge in [0, 0.05) is 0 Å². The molecule has 0 fully saturated rings. The van der Waals surface area contributed by atoms with Crippen LogP contribution in [-0.4, -0.2) is 42.5 Å². The zero-order chi connectivity index (χ0) is 17.3. The fourth-order valence-corrected chi connectivity index (χ4v) is 1.51. The molecule has 1 aromatic carbocycles. The van der Waals surface area contributed by atoms with Crippen molar-refractivity contribution < 1.29 is 24.2 Å². The summed E-state index contributed by atoms with van der Waals surface area (Å²) < 4.78 is 10.1. The molecule has 0 aliphatic carbocycles. The Morgan fingerprint density at radius 1 is 1.17 bits per heavy atom. The van der Waals surface area contributed by atoms with Crippen LogP contribution in [0.25, 0.3) is 0 Å². The third-order valence-corrected chi connectivity index (χ3v) is 2.32. The lowest BCUT2D eigenvalue weighted by Crippen LogP contribution is -2.55. The lowest BCUT2D eigenvalue weighted by atomic mass is 10.2. The minimum atomic E-state index is -0.710. The molecule has 0 saturated carbocycles. The van der Waals surface area contributed by atoms with Gasteiger partial charge in [-0.15, -0.1) is 0 Å². The van der Waals surface area contributed by atoms with Crippen LogP contribution in [0.4, 0.5) is 10.5 Å². The largest absolute Gasteiger partial charge is 0.443 e. The Hall–Kier alpha value is -2.32. The molecule has 1 rings (SSSR count). The van der Waals surface area contributed by atoms with Gasteiger partial charge >= 0.3 is 6.09 Å². The van der Waals surface area contributed by atoms with Crippen LogP contribution >= 0.6 is 0 Å². The summed E-state index contributed by atoms with van der Waals surface area (Å²) in [7, 11) is 0. The number of nitrogens with one attached hydrogen (secondary N) is 2. The van der Waals surface area contributed by atoms with Gasteiger partial charge in [-0.05, 0) is 32.9 Å². The van der Waals surface area contributed by atoms with E-state index < -0.39 is 17.6 Å². The van der Waals surface area contributed by atoms with E-state index >= 15 is 0 Å². The highest BCUT2D eigenvalue weighted by Crippen LogP contribution is 2.11. The number of aliphatic hydroxyl groups is 1. The lowest BCUT2D eigenvalue weighted by molar-refractivity contribution is -0.126. The summed E-state index contributed by atoms with van der Waals surface area (Å²) in [4.78, 5) is 23.7. The first-order valence-electron chi connectivity index (χ1n) is 7.15. The van der Waals surface area contributed by atoms with Crippen LogP contribution in [0.3, 0.4) is 0 Å². The normalized spacial score (nSPS) is 10.8. The van der Waals surface area contributed by atoms with Crippen LogP contribution in [0.5, 0.6) is 0 Å². The Morgan fingerprint density at radius 3 is 2.39 bits per heavy atom. The number of nitrogens with zero attached hydrogens (tertiary/aromatic N) is 1. The number of hydrogen-bond acceptors (Lipinski definition) is 6. The van der Waals surface area contributed by atoms with Gasteiger partial charge in [0.2, 0.25) is 0 Å². The summed E-state index contributed by atoms with van der Waals surface area (Å²) in [6, 6.07) is 8.72. The van der Waals surface area contributed by atoms with Gasteiger partial charge in [-0.25, -0.2) is 15.6 Å². The van der Waals surface area contributed by atoms with E-state index in [-0.39, 0.29) is 19.8 Å². The number of benzene rings is 1. The van der Waals surface area contributed by atoms with Gasteiger partial charge in [0.1, 0.15) is 12.2 Å².